The van der Waals surface area contributed by atoms with Crippen LogP contribution in [0.5, 0.6) is 0 Å². The number of rotatable bonds is 11. The lowest BCUT2D eigenvalue weighted by atomic mass is 9.76. The van der Waals surface area contributed by atoms with Gasteiger partial charge in [-0.15, -0.1) is 0 Å². The van der Waals surface area contributed by atoms with Crippen LogP contribution < -0.4 is 20.4 Å². The minimum absolute atomic E-state index is 0.0389. The second kappa shape index (κ2) is 34.3. The fourth-order valence-electron chi connectivity index (χ4n) is 22.2. The maximum atomic E-state index is 13.6. The molecule has 17 nitrogen and oxygen atoms in total. The second-order valence-corrected chi connectivity index (χ2v) is 40.2. The number of pyridine rings is 1. The average Bonchev–Trinajstić information content (AvgIpc) is 1.83. The first kappa shape index (κ1) is 94.6. The van der Waals surface area contributed by atoms with Crippen LogP contribution in [0.2, 0.25) is 5.02 Å². The van der Waals surface area contributed by atoms with Gasteiger partial charge in [0.25, 0.3) is 0 Å². The largest absolute Gasteiger partial charge is 0.871 e. The minimum Gasteiger partial charge on any atom is -0.871 e. The van der Waals surface area contributed by atoms with Crippen molar-refractivity contribution in [1.29, 1.82) is 0 Å². The van der Waals surface area contributed by atoms with Gasteiger partial charge in [-0.05, 0) is 158 Å². The molecule has 0 atom stereocenters. The summed E-state index contributed by atoms with van der Waals surface area (Å²) in [5.41, 5.74) is 17.1. The van der Waals surface area contributed by atoms with Gasteiger partial charge < -0.3 is 38.7 Å². The van der Waals surface area contributed by atoms with Crippen LogP contribution in [0.3, 0.4) is 0 Å². The normalized spacial score (nSPS) is 18.0. The Bertz CT molecular complexity index is 8870. The maximum Gasteiger partial charge on any atom is 0.416 e. The SMILES string of the molecule is C[N+]1=C(C=C2C(=O)C(c3cn(-c4cc(C(F)(F)F)cc(C(F)(F)F)c4)c4ccccc34)=C2[O-])C(C)(C)c2ccccc21.C[N+]1=C(C=C2C(=O)C(c3cn(-c4cccnc4)c4ccccc34)=C2[O-])C(C)(C)c2ccccc21.Cc1ccc(-n2cc(C3=C([O-])C(=CC4=[N+](C)c5ccc6ccccc6c5C4(C)C)C3=O)c3ccccc32)cc1.Cn1cc(C2=C([O-])C(=CC3=[N+](C)c4ccc(Cl)cc4C3(C)C)C2=O)c2ccccc21. The third-order valence-electron chi connectivity index (χ3n) is 29.9. The van der Waals surface area contributed by atoms with E-state index in [0.29, 0.717) is 39.2 Å². The zero-order valence-electron chi connectivity index (χ0n) is 81.5. The van der Waals surface area contributed by atoms with E-state index in [1.54, 1.807) is 48.8 Å². The smallest absolute Gasteiger partial charge is 0.416 e. The standard InChI is InChI=1S/C35H28N2O2.C32H22F6N2O2.C29H23N3O2.C25H21ClN2O2/c1-21-13-16-23(17-14-21)37-20-27(25-11-7-8-12-28(25)37)31-33(38)26(34(31)39)19-30-35(2,3)32-24-10-6-5-9-22(24)15-18-29(32)36(30)4;1-30(2)23-9-5-7-11-25(23)39(3)26(30)15-21-28(41)27(29(21)42)22-16-40(24-10-6-4-8-20(22)24)19-13-17(31(33,34)35)12-18(14-19)32(36,37)38;1-29(2)22-11-5-7-13-24(22)31(3)25(29)15-20-27(33)26(28(20)34)21-17-32(18-9-8-14-30-16-18)23-12-6-4-10-19(21)23;1-25(2)18-11-14(26)9-10-20(18)28(4)21(25)12-16-23(29)22(24(16)30)17-13-27(3)19-8-6-5-7-15(17)19/h5-20H,1-4H3;4-16H,1-3H3;4-17H,1-3H3;5-13H,1-4H3. The van der Waals surface area contributed by atoms with Gasteiger partial charge in [-0.2, -0.15) is 44.6 Å². The molecule has 0 bridgehead atoms. The van der Waals surface area contributed by atoms with Crippen LogP contribution >= 0.6 is 11.6 Å². The molecule has 0 saturated heterocycles. The van der Waals surface area contributed by atoms with Crippen molar-refractivity contribution in [2.45, 2.75) is 96.3 Å². The molecule has 0 amide bonds. The van der Waals surface area contributed by atoms with Gasteiger partial charge in [-0.1, -0.05) is 186 Å². The number of benzene rings is 11. The van der Waals surface area contributed by atoms with E-state index < -0.39 is 46.1 Å². The van der Waals surface area contributed by atoms with Crippen molar-refractivity contribution in [3.8, 4) is 17.1 Å². The number of aryl methyl sites for hydroxylation is 2. The molecule has 0 spiro atoms. The van der Waals surface area contributed by atoms with Crippen molar-refractivity contribution >= 4 is 157 Å². The Hall–Kier alpha value is -16.7. The molecule has 0 N–H and O–H groups in total. The van der Waals surface area contributed by atoms with Gasteiger partial charge in [0.05, 0.1) is 61.2 Å². The van der Waals surface area contributed by atoms with Crippen LogP contribution in [0.4, 0.5) is 49.1 Å². The fourth-order valence-corrected chi connectivity index (χ4v) is 22.4. The molecule has 24 rings (SSSR count). The number of alkyl halides is 6. The fraction of sp³-hybridized carbons (Fsp3) is 0.165. The van der Waals surface area contributed by atoms with Crippen molar-refractivity contribution < 1.29 is 84.2 Å². The van der Waals surface area contributed by atoms with E-state index in [4.69, 9.17) is 11.6 Å². The molecule has 0 radical (unpaired) electrons. The highest BCUT2D eigenvalue weighted by molar-refractivity contribution is 6.44. The second-order valence-electron chi connectivity index (χ2n) is 39.8. The molecule has 4 aliphatic heterocycles. The molecular weight excluding hydrogens is 1860 g/mol. The molecule has 0 fully saturated rings. The molecule has 0 unspecified atom stereocenters. The van der Waals surface area contributed by atoms with E-state index in [0.717, 1.165) is 105 Å². The Balaban J connectivity index is 0.000000115. The lowest BCUT2D eigenvalue weighted by molar-refractivity contribution is -0.401. The summed E-state index contributed by atoms with van der Waals surface area (Å²) >= 11 is 6.22. The van der Waals surface area contributed by atoms with Gasteiger partial charge in [0, 0.05) is 219 Å². The zero-order valence-corrected chi connectivity index (χ0v) is 82.2. The van der Waals surface area contributed by atoms with Crippen LogP contribution in [0.1, 0.15) is 117 Å². The first-order valence-electron chi connectivity index (χ1n) is 47.3. The van der Waals surface area contributed by atoms with Crippen LogP contribution in [-0.4, -0.2) is 116 Å². The van der Waals surface area contributed by atoms with Crippen LogP contribution in [0, 0.1) is 6.92 Å². The summed E-state index contributed by atoms with van der Waals surface area (Å²) < 4.78 is 96.7. The number of nitrogens with zero attached hydrogens (tertiary/aromatic N) is 9. The highest BCUT2D eigenvalue weighted by Gasteiger charge is 2.51. The average molecular weight is 1950 g/mol. The number of para-hydroxylation sites is 6. The molecule has 0 saturated carbocycles. The number of ketones is 4. The number of carbonyl (C=O) groups is 4. The number of halogens is 7. The molecule has 11 aromatic carbocycles. The summed E-state index contributed by atoms with van der Waals surface area (Å²) in [7, 11) is 9.72. The Labute approximate surface area is 835 Å². The van der Waals surface area contributed by atoms with Crippen molar-refractivity contribution in [2.24, 2.45) is 7.05 Å². The number of hydrogen-bond acceptors (Lipinski definition) is 9. The number of fused-ring (bicyclic) bond motifs is 10. The lowest BCUT2D eigenvalue weighted by Crippen LogP contribution is -2.33. The molecule has 145 heavy (non-hydrogen) atoms. The van der Waals surface area contributed by atoms with Gasteiger partial charge in [0.15, 0.2) is 46.0 Å². The highest BCUT2D eigenvalue weighted by atomic mass is 35.5. The van der Waals surface area contributed by atoms with Gasteiger partial charge in [-0.3, -0.25) is 24.2 Å². The summed E-state index contributed by atoms with van der Waals surface area (Å²) in [6.45, 7) is 18.8. The van der Waals surface area contributed by atoms with Gasteiger partial charge in [-0.25, -0.2) is 0 Å². The number of carbonyl (C=O) groups excluding carboxylic acids is 4. The third-order valence-corrected chi connectivity index (χ3v) is 30.1. The summed E-state index contributed by atoms with van der Waals surface area (Å²) in [4.78, 5) is 57.7. The zero-order chi connectivity index (χ0) is 102. The van der Waals surface area contributed by atoms with Crippen molar-refractivity contribution in [3.63, 3.8) is 0 Å². The van der Waals surface area contributed by atoms with Crippen molar-refractivity contribution in [1.82, 2.24) is 23.3 Å². The predicted molar refractivity (Wildman–Crippen MR) is 549 cm³/mol. The first-order valence-corrected chi connectivity index (χ1v) is 47.7. The number of Topliss-reactive ketones (excluding diaryl/α,β-unsaturated/α-hetero) is 4. The lowest BCUT2D eigenvalue weighted by Gasteiger charge is -2.30. The van der Waals surface area contributed by atoms with Crippen LogP contribution in [0.15, 0.2) is 362 Å². The molecule has 9 heterocycles. The number of aromatic nitrogens is 5. The van der Waals surface area contributed by atoms with Crippen LogP contribution in [-0.2, 0) is 60.2 Å². The van der Waals surface area contributed by atoms with E-state index in [-0.39, 0.29) is 113 Å². The highest BCUT2D eigenvalue weighted by Crippen LogP contribution is 2.52. The van der Waals surface area contributed by atoms with E-state index in [9.17, 15) is 65.9 Å². The third kappa shape index (κ3) is 15.1. The maximum absolute atomic E-state index is 13.6. The van der Waals surface area contributed by atoms with E-state index in [1.165, 1.54) is 39.7 Å². The Morgan fingerprint density at radius 1 is 0.345 bits per heavy atom. The Morgan fingerprint density at radius 3 is 1.10 bits per heavy atom. The summed E-state index contributed by atoms with van der Waals surface area (Å²) in [5, 5.41) is 59.6. The molecule has 5 aromatic heterocycles. The van der Waals surface area contributed by atoms with E-state index >= 15 is 0 Å². The molecule has 8 aliphatic rings. The van der Waals surface area contributed by atoms with Gasteiger partial charge in [0.1, 0.15) is 28.2 Å². The van der Waals surface area contributed by atoms with Crippen molar-refractivity contribution in [3.05, 3.63) is 428 Å². The van der Waals surface area contributed by atoms with E-state index in [2.05, 4.69) is 134 Å². The summed E-state index contributed by atoms with van der Waals surface area (Å²) in [6.07, 6.45) is 7.26. The predicted octanol–water partition coefficient (Wildman–Crippen LogP) is 21.8. The Morgan fingerprint density at radius 2 is 0.690 bits per heavy atom. The Kier molecular flexibility index (Phi) is 22.4. The summed E-state index contributed by atoms with van der Waals surface area (Å²) in [6, 6.07) is 77.5. The topological polar surface area (TPSA) is 205 Å². The number of allylic oxidation sites excluding steroid dienone is 12. The van der Waals surface area contributed by atoms with Crippen LogP contribution in [0.25, 0.3) is 93.7 Å². The minimum atomic E-state index is -5.03. The quantitative estimate of drug-likeness (QED) is 0.0685. The molecule has 24 heteroatoms. The van der Waals surface area contributed by atoms with Gasteiger partial charge in [0.2, 0.25) is 22.7 Å². The van der Waals surface area contributed by atoms with E-state index in [1.807, 2.05) is 238 Å². The molecule has 720 valence electrons. The monoisotopic (exact) mass is 1950 g/mol. The summed E-state index contributed by atoms with van der Waals surface area (Å²) in [5.74, 6) is -2.26. The molecule has 16 aromatic rings. The number of hydrogen-bond donors (Lipinski definition) is 0. The van der Waals surface area contributed by atoms with Gasteiger partial charge >= 0.3 is 12.4 Å². The molecular formula is C121H94ClF6N9O8. The molecule has 4 aliphatic carbocycles. The first-order chi connectivity index (χ1) is 69.0. The van der Waals surface area contributed by atoms with Crippen molar-refractivity contribution in [2.75, 3.05) is 28.2 Å².